The van der Waals surface area contributed by atoms with Crippen molar-refractivity contribution in [1.29, 1.82) is 0 Å². The molecular weight excluding hydrogens is 400 g/mol. The molecule has 29 heavy (non-hydrogen) atoms. The van der Waals surface area contributed by atoms with Crippen molar-refractivity contribution in [3.05, 3.63) is 23.8 Å². The number of hydrogen-bond acceptors (Lipinski definition) is 8. The highest BCUT2D eigenvalue weighted by molar-refractivity contribution is 7.92. The van der Waals surface area contributed by atoms with Gasteiger partial charge >= 0.3 is 12.1 Å². The van der Waals surface area contributed by atoms with E-state index in [9.17, 15) is 19.0 Å². The summed E-state index contributed by atoms with van der Waals surface area (Å²) in [5.41, 5.74) is 2.16. The van der Waals surface area contributed by atoms with E-state index in [1.807, 2.05) is 5.48 Å². The standard InChI is InChI=1S/C19H30N2O7S/c1-6-26-17(22)8-7-9-27-16-11-14(10-15(12-16)20-24)13-29(5,25)21-18(23)28-19(2,3)4/h10-12,20,24H,6-9,13H2,1-5H3. The van der Waals surface area contributed by atoms with E-state index in [4.69, 9.17) is 14.2 Å². The van der Waals surface area contributed by atoms with Gasteiger partial charge in [0.15, 0.2) is 0 Å². The average Bonchev–Trinajstić information content (AvgIpc) is 2.55. The van der Waals surface area contributed by atoms with Crippen LogP contribution in [-0.4, -0.2) is 46.5 Å². The zero-order valence-electron chi connectivity index (χ0n) is 17.5. The lowest BCUT2D eigenvalue weighted by molar-refractivity contribution is -0.143. The van der Waals surface area contributed by atoms with E-state index in [1.165, 1.54) is 6.26 Å². The van der Waals surface area contributed by atoms with Crippen molar-refractivity contribution in [3.63, 3.8) is 0 Å². The quantitative estimate of drug-likeness (QED) is 0.345. The van der Waals surface area contributed by atoms with E-state index in [1.54, 1.807) is 45.9 Å². The summed E-state index contributed by atoms with van der Waals surface area (Å²) in [7, 11) is -2.92. The van der Waals surface area contributed by atoms with E-state index in [0.29, 0.717) is 30.0 Å². The number of carbonyl (C=O) groups excluding carboxylic acids is 2. The molecule has 0 spiro atoms. The summed E-state index contributed by atoms with van der Waals surface area (Å²) in [5.74, 6) is 0.0773. The molecule has 0 bridgehead atoms. The van der Waals surface area contributed by atoms with Gasteiger partial charge in [0.1, 0.15) is 11.4 Å². The van der Waals surface area contributed by atoms with Gasteiger partial charge in [0.05, 0.1) is 34.4 Å². The number of amides is 1. The highest BCUT2D eigenvalue weighted by Crippen LogP contribution is 2.23. The van der Waals surface area contributed by atoms with Crippen LogP contribution < -0.4 is 10.2 Å². The van der Waals surface area contributed by atoms with Crippen LogP contribution >= 0.6 is 0 Å². The van der Waals surface area contributed by atoms with Crippen LogP contribution in [0.1, 0.15) is 46.1 Å². The second kappa shape index (κ2) is 11.0. The smallest absolute Gasteiger partial charge is 0.442 e. The third-order valence-corrected chi connectivity index (χ3v) is 4.69. The lowest BCUT2D eigenvalue weighted by Gasteiger charge is -2.17. The Morgan fingerprint density at radius 2 is 1.93 bits per heavy atom. The van der Waals surface area contributed by atoms with Crippen LogP contribution in [0.5, 0.6) is 5.75 Å². The van der Waals surface area contributed by atoms with Gasteiger partial charge in [0.25, 0.3) is 0 Å². The summed E-state index contributed by atoms with van der Waals surface area (Å²) in [6.45, 7) is 7.42. The summed E-state index contributed by atoms with van der Waals surface area (Å²) >= 11 is 0. The summed E-state index contributed by atoms with van der Waals surface area (Å²) in [5, 5.41) is 9.23. The second-order valence-electron chi connectivity index (χ2n) is 7.41. The fraction of sp³-hybridized carbons (Fsp3) is 0.579. The Labute approximate surface area is 171 Å². The van der Waals surface area contributed by atoms with Crippen LogP contribution in [0.15, 0.2) is 22.6 Å². The molecule has 164 valence electrons. The Morgan fingerprint density at radius 3 is 2.52 bits per heavy atom. The van der Waals surface area contributed by atoms with E-state index in [-0.39, 0.29) is 24.7 Å². The van der Waals surface area contributed by atoms with Gasteiger partial charge < -0.3 is 14.2 Å². The minimum Gasteiger partial charge on any atom is -0.493 e. The molecule has 0 aliphatic rings. The van der Waals surface area contributed by atoms with Crippen LogP contribution in [0.3, 0.4) is 0 Å². The molecule has 1 amide bonds. The molecule has 1 rings (SSSR count). The molecule has 1 unspecified atom stereocenters. The van der Waals surface area contributed by atoms with Gasteiger partial charge in [-0.1, -0.05) is 0 Å². The summed E-state index contributed by atoms with van der Waals surface area (Å²) in [6.07, 6.45) is 1.16. The molecule has 0 aromatic heterocycles. The molecule has 9 nitrogen and oxygen atoms in total. The lowest BCUT2D eigenvalue weighted by atomic mass is 10.2. The largest absolute Gasteiger partial charge is 0.493 e. The maximum absolute atomic E-state index is 12.7. The normalized spacial score (nSPS) is 13.2. The topological polar surface area (TPSA) is 124 Å². The van der Waals surface area contributed by atoms with E-state index >= 15 is 0 Å². The molecule has 0 aliphatic carbocycles. The first kappa shape index (κ1) is 24.7. The molecule has 0 fully saturated rings. The third-order valence-electron chi connectivity index (χ3n) is 3.29. The van der Waals surface area contributed by atoms with Crippen LogP contribution in [-0.2, 0) is 29.8 Å². The highest BCUT2D eigenvalue weighted by atomic mass is 32.2. The fourth-order valence-corrected chi connectivity index (χ4v) is 3.51. The Bertz CT molecular complexity index is 824. The molecular formula is C19H30N2O7S. The van der Waals surface area contributed by atoms with Crippen LogP contribution in [0.25, 0.3) is 0 Å². The monoisotopic (exact) mass is 430 g/mol. The van der Waals surface area contributed by atoms with E-state index in [0.717, 1.165) is 0 Å². The third kappa shape index (κ3) is 10.7. The van der Waals surface area contributed by atoms with Gasteiger partial charge in [-0.2, -0.15) is 0 Å². The fourth-order valence-electron chi connectivity index (χ4n) is 2.31. The molecule has 1 aromatic rings. The maximum atomic E-state index is 12.7. The van der Waals surface area contributed by atoms with Crippen molar-refractivity contribution >= 4 is 27.5 Å². The summed E-state index contributed by atoms with van der Waals surface area (Å²) < 4.78 is 31.9. The predicted octanol–water partition coefficient (Wildman–Crippen LogP) is 3.74. The second-order valence-corrected chi connectivity index (χ2v) is 9.80. The molecule has 0 saturated heterocycles. The first-order valence-corrected chi connectivity index (χ1v) is 11.3. The Balaban J connectivity index is 2.83. The molecule has 0 heterocycles. The van der Waals surface area contributed by atoms with Gasteiger partial charge in [-0.25, -0.2) is 9.00 Å². The highest BCUT2D eigenvalue weighted by Gasteiger charge is 2.18. The van der Waals surface area contributed by atoms with Crippen molar-refractivity contribution in [2.24, 2.45) is 4.36 Å². The van der Waals surface area contributed by atoms with Crippen molar-refractivity contribution in [1.82, 2.24) is 0 Å². The van der Waals surface area contributed by atoms with E-state index < -0.39 is 21.4 Å². The summed E-state index contributed by atoms with van der Waals surface area (Å²) in [6, 6.07) is 4.76. The van der Waals surface area contributed by atoms with Crippen LogP contribution in [0.4, 0.5) is 10.5 Å². The first-order valence-electron chi connectivity index (χ1n) is 9.19. The Morgan fingerprint density at radius 1 is 1.24 bits per heavy atom. The minimum absolute atomic E-state index is 0.0407. The molecule has 0 radical (unpaired) electrons. The molecule has 0 saturated carbocycles. The Hall–Kier alpha value is -2.33. The maximum Gasteiger partial charge on any atom is 0.442 e. The van der Waals surface area contributed by atoms with Gasteiger partial charge in [-0.3, -0.25) is 15.5 Å². The van der Waals surface area contributed by atoms with Crippen molar-refractivity contribution in [2.45, 2.75) is 51.9 Å². The van der Waals surface area contributed by atoms with Crippen LogP contribution in [0.2, 0.25) is 0 Å². The van der Waals surface area contributed by atoms with Crippen molar-refractivity contribution in [3.8, 4) is 5.75 Å². The number of nitrogens with zero attached hydrogens (tertiary/aromatic N) is 1. The number of benzene rings is 1. The zero-order valence-corrected chi connectivity index (χ0v) is 18.3. The summed E-state index contributed by atoms with van der Waals surface area (Å²) in [4.78, 5) is 23.2. The van der Waals surface area contributed by atoms with Gasteiger partial charge in [-0.15, -0.1) is 4.36 Å². The number of carbonyl (C=O) groups is 2. The number of ether oxygens (including phenoxy) is 3. The SMILES string of the molecule is CCOC(=O)CCCOc1cc(CS(C)(=O)=NC(=O)OC(C)(C)C)cc(NO)c1. The van der Waals surface area contributed by atoms with Gasteiger partial charge in [0, 0.05) is 18.7 Å². The number of esters is 1. The molecule has 10 heteroatoms. The van der Waals surface area contributed by atoms with Gasteiger partial charge in [-0.05, 0) is 51.8 Å². The van der Waals surface area contributed by atoms with Crippen molar-refractivity contribution < 1.29 is 33.2 Å². The Kier molecular flexibility index (Phi) is 9.38. The van der Waals surface area contributed by atoms with Crippen LogP contribution in [0, 0.1) is 0 Å². The molecule has 1 atom stereocenters. The molecule has 0 aliphatic heterocycles. The van der Waals surface area contributed by atoms with Gasteiger partial charge in [0.2, 0.25) is 0 Å². The lowest BCUT2D eigenvalue weighted by Crippen LogP contribution is -2.22. The zero-order chi connectivity index (χ0) is 22.1. The minimum atomic E-state index is -2.92. The number of nitrogens with one attached hydrogen (secondary N) is 1. The first-order chi connectivity index (χ1) is 13.4. The van der Waals surface area contributed by atoms with Crippen molar-refractivity contribution in [2.75, 3.05) is 24.9 Å². The molecule has 1 aromatic carbocycles. The number of hydrogen-bond donors (Lipinski definition) is 2. The molecule has 2 N–H and O–H groups in total. The average molecular weight is 431 g/mol. The number of rotatable bonds is 9. The van der Waals surface area contributed by atoms with E-state index in [2.05, 4.69) is 4.36 Å². The number of anilines is 1. The predicted molar refractivity (Wildman–Crippen MR) is 110 cm³/mol.